The monoisotopic (exact) mass is 289 g/mol. The molecule has 0 aromatic carbocycles. The second-order valence-corrected chi connectivity index (χ2v) is 6.25. The molecule has 1 fully saturated rings. The third-order valence-electron chi connectivity index (χ3n) is 4.80. The molecule has 0 aliphatic carbocycles. The van der Waals surface area contributed by atoms with Crippen LogP contribution in [-0.4, -0.2) is 35.9 Å². The van der Waals surface area contributed by atoms with Crippen LogP contribution in [0.3, 0.4) is 0 Å². The first-order chi connectivity index (χ1) is 10.1. The fourth-order valence-corrected chi connectivity index (χ4v) is 3.03. The maximum atomic E-state index is 12.5. The van der Waals surface area contributed by atoms with Gasteiger partial charge in [0.15, 0.2) is 0 Å². The van der Waals surface area contributed by atoms with Gasteiger partial charge in [0.25, 0.3) is 0 Å². The van der Waals surface area contributed by atoms with Gasteiger partial charge in [-0.05, 0) is 62.4 Å². The fraction of sp³-hybridized carbons (Fsp3) is 0.647. The van der Waals surface area contributed by atoms with Gasteiger partial charge in [-0.1, -0.05) is 6.92 Å². The van der Waals surface area contributed by atoms with Crippen molar-refractivity contribution in [3.05, 3.63) is 30.1 Å². The molecule has 3 unspecified atom stereocenters. The molecular formula is C17H27N3O. The molecule has 0 bridgehead atoms. The maximum Gasteiger partial charge on any atom is 0.223 e. The molecule has 2 rings (SSSR count). The first-order valence-corrected chi connectivity index (χ1v) is 7.96. The normalized spacial score (nSPS) is 21.6. The molecule has 1 N–H and O–H groups in total. The zero-order valence-electron chi connectivity index (χ0n) is 13.4. The number of piperidine rings is 1. The largest absolute Gasteiger partial charge is 0.339 e. The molecule has 1 amide bonds. The number of carbonyl (C=O) groups excluding carboxylic acids is 1. The lowest BCUT2D eigenvalue weighted by Gasteiger charge is -2.31. The second-order valence-electron chi connectivity index (χ2n) is 6.25. The lowest BCUT2D eigenvalue weighted by Crippen LogP contribution is -2.36. The molecule has 21 heavy (non-hydrogen) atoms. The Morgan fingerprint density at radius 2 is 2.14 bits per heavy atom. The van der Waals surface area contributed by atoms with E-state index in [1.54, 1.807) is 12.4 Å². The summed E-state index contributed by atoms with van der Waals surface area (Å²) in [5.74, 6) is 1.31. The molecule has 3 atom stereocenters. The van der Waals surface area contributed by atoms with E-state index >= 15 is 0 Å². The van der Waals surface area contributed by atoms with E-state index in [0.29, 0.717) is 18.3 Å². The zero-order chi connectivity index (χ0) is 15.2. The minimum atomic E-state index is 0.0946. The number of nitrogens with zero attached hydrogens (tertiary/aromatic N) is 2. The number of hydrogen-bond acceptors (Lipinski definition) is 3. The van der Waals surface area contributed by atoms with E-state index in [1.807, 2.05) is 24.1 Å². The molecule has 1 aliphatic rings. The Kier molecular flexibility index (Phi) is 5.74. The van der Waals surface area contributed by atoms with Crippen molar-refractivity contribution in [3.8, 4) is 0 Å². The van der Waals surface area contributed by atoms with E-state index in [2.05, 4.69) is 24.1 Å². The van der Waals surface area contributed by atoms with Crippen molar-refractivity contribution in [2.24, 2.45) is 11.8 Å². The Hall–Kier alpha value is -1.42. The number of rotatable bonds is 5. The summed E-state index contributed by atoms with van der Waals surface area (Å²) in [6, 6.07) is 4.04. The molecule has 4 heteroatoms. The summed E-state index contributed by atoms with van der Waals surface area (Å²) in [4.78, 5) is 18.4. The van der Waals surface area contributed by atoms with Crippen molar-refractivity contribution in [1.29, 1.82) is 0 Å². The van der Waals surface area contributed by atoms with Crippen LogP contribution in [0.1, 0.15) is 44.7 Å². The Morgan fingerprint density at radius 3 is 2.76 bits per heavy atom. The predicted molar refractivity (Wildman–Crippen MR) is 84.8 cm³/mol. The van der Waals surface area contributed by atoms with E-state index < -0.39 is 0 Å². The van der Waals surface area contributed by atoms with Crippen LogP contribution in [0.4, 0.5) is 0 Å². The van der Waals surface area contributed by atoms with E-state index in [-0.39, 0.29) is 11.9 Å². The van der Waals surface area contributed by atoms with Crippen molar-refractivity contribution in [2.45, 2.75) is 39.2 Å². The van der Waals surface area contributed by atoms with E-state index in [0.717, 1.165) is 18.7 Å². The third-order valence-corrected chi connectivity index (χ3v) is 4.80. The molecule has 1 aliphatic heterocycles. The minimum absolute atomic E-state index is 0.0946. The van der Waals surface area contributed by atoms with Crippen molar-refractivity contribution in [1.82, 2.24) is 15.2 Å². The van der Waals surface area contributed by atoms with Gasteiger partial charge in [-0.25, -0.2) is 0 Å². The van der Waals surface area contributed by atoms with Crippen LogP contribution in [0, 0.1) is 11.8 Å². The molecule has 1 aromatic heterocycles. The zero-order valence-corrected chi connectivity index (χ0v) is 13.4. The van der Waals surface area contributed by atoms with Gasteiger partial charge in [0.1, 0.15) is 0 Å². The van der Waals surface area contributed by atoms with Gasteiger partial charge in [-0.2, -0.15) is 0 Å². The molecule has 116 valence electrons. The average molecular weight is 289 g/mol. The van der Waals surface area contributed by atoms with Gasteiger partial charge < -0.3 is 10.2 Å². The van der Waals surface area contributed by atoms with Gasteiger partial charge in [0, 0.05) is 25.9 Å². The highest BCUT2D eigenvalue weighted by Crippen LogP contribution is 2.25. The molecule has 1 aromatic rings. The van der Waals surface area contributed by atoms with Crippen LogP contribution in [0.15, 0.2) is 24.5 Å². The molecule has 4 nitrogen and oxygen atoms in total. The van der Waals surface area contributed by atoms with Crippen molar-refractivity contribution in [2.75, 3.05) is 20.1 Å². The highest BCUT2D eigenvalue weighted by molar-refractivity contribution is 5.76. The molecule has 0 saturated carbocycles. The highest BCUT2D eigenvalue weighted by atomic mass is 16.2. The number of hydrogen-bond donors (Lipinski definition) is 1. The standard InChI is InChI=1S/C17H27N3O/c1-13(16-5-4-8-19-12-16)11-17(21)20(3)14(2)15-6-9-18-10-7-15/h6-7,9-10,13-14,16,19H,4-5,8,11-12H2,1-3H3. The van der Waals surface area contributed by atoms with Crippen molar-refractivity contribution >= 4 is 5.91 Å². The average Bonchev–Trinajstić information content (AvgIpc) is 2.55. The summed E-state index contributed by atoms with van der Waals surface area (Å²) in [5.41, 5.74) is 1.13. The van der Waals surface area contributed by atoms with Crippen LogP contribution < -0.4 is 5.32 Å². The van der Waals surface area contributed by atoms with E-state index in [1.165, 1.54) is 12.8 Å². The van der Waals surface area contributed by atoms with Crippen LogP contribution in [0.25, 0.3) is 0 Å². The van der Waals surface area contributed by atoms with Gasteiger partial charge in [0.2, 0.25) is 5.91 Å². The first-order valence-electron chi connectivity index (χ1n) is 7.96. The highest BCUT2D eigenvalue weighted by Gasteiger charge is 2.25. The van der Waals surface area contributed by atoms with Gasteiger partial charge in [-0.15, -0.1) is 0 Å². The molecule has 0 radical (unpaired) electrons. The molecule has 1 saturated heterocycles. The van der Waals surface area contributed by atoms with Crippen molar-refractivity contribution in [3.63, 3.8) is 0 Å². The van der Waals surface area contributed by atoms with Crippen LogP contribution in [-0.2, 0) is 4.79 Å². The third kappa shape index (κ3) is 4.27. The number of pyridine rings is 1. The summed E-state index contributed by atoms with van der Waals surface area (Å²) in [6.45, 7) is 6.45. The predicted octanol–water partition coefficient (Wildman–Crippen LogP) is 2.63. The summed E-state index contributed by atoms with van der Waals surface area (Å²) in [7, 11) is 1.90. The summed E-state index contributed by atoms with van der Waals surface area (Å²) >= 11 is 0. The first kappa shape index (κ1) is 16.0. The number of aromatic nitrogens is 1. The number of carbonyl (C=O) groups is 1. The molecule has 2 heterocycles. The SMILES string of the molecule is CC(CC(=O)N(C)C(C)c1ccncc1)C1CCCNC1. The van der Waals surface area contributed by atoms with Crippen LogP contribution in [0.5, 0.6) is 0 Å². The second kappa shape index (κ2) is 7.55. The Balaban J connectivity index is 1.89. The molecular weight excluding hydrogens is 262 g/mol. The quantitative estimate of drug-likeness (QED) is 0.906. The fourth-order valence-electron chi connectivity index (χ4n) is 3.03. The van der Waals surface area contributed by atoms with E-state index in [4.69, 9.17) is 0 Å². The lowest BCUT2D eigenvalue weighted by molar-refractivity contribution is -0.133. The summed E-state index contributed by atoms with van der Waals surface area (Å²) in [5, 5.41) is 3.43. The summed E-state index contributed by atoms with van der Waals surface area (Å²) < 4.78 is 0. The van der Waals surface area contributed by atoms with Crippen LogP contribution in [0.2, 0.25) is 0 Å². The van der Waals surface area contributed by atoms with Crippen LogP contribution >= 0.6 is 0 Å². The Bertz CT molecular complexity index is 443. The van der Waals surface area contributed by atoms with E-state index in [9.17, 15) is 4.79 Å². The Labute approximate surface area is 127 Å². The number of amides is 1. The van der Waals surface area contributed by atoms with Gasteiger partial charge in [-0.3, -0.25) is 9.78 Å². The smallest absolute Gasteiger partial charge is 0.223 e. The van der Waals surface area contributed by atoms with Gasteiger partial charge in [0.05, 0.1) is 6.04 Å². The molecule has 0 spiro atoms. The van der Waals surface area contributed by atoms with Gasteiger partial charge >= 0.3 is 0 Å². The number of nitrogens with one attached hydrogen (secondary N) is 1. The summed E-state index contributed by atoms with van der Waals surface area (Å²) in [6.07, 6.45) is 6.66. The minimum Gasteiger partial charge on any atom is -0.339 e. The Morgan fingerprint density at radius 1 is 1.43 bits per heavy atom. The van der Waals surface area contributed by atoms with Crippen molar-refractivity contribution < 1.29 is 4.79 Å². The lowest BCUT2D eigenvalue weighted by atomic mass is 9.85. The topological polar surface area (TPSA) is 45.2 Å². The maximum absolute atomic E-state index is 12.5.